The number of aryl methyl sites for hydroxylation is 1. The lowest BCUT2D eigenvalue weighted by molar-refractivity contribution is 1.08. The molecule has 0 saturated heterocycles. The maximum atomic E-state index is 4.16. The van der Waals surface area contributed by atoms with Gasteiger partial charge in [-0.3, -0.25) is 0 Å². The Bertz CT molecular complexity index is 195. The highest BCUT2D eigenvalue weighted by molar-refractivity contribution is 7.99. The summed E-state index contributed by atoms with van der Waals surface area (Å²) < 4.78 is 0. The van der Waals surface area contributed by atoms with Crippen LogP contribution < -0.4 is 0 Å². The van der Waals surface area contributed by atoms with Crippen molar-refractivity contribution in [3.8, 4) is 0 Å². The van der Waals surface area contributed by atoms with Crippen LogP contribution in [0.2, 0.25) is 0 Å². The van der Waals surface area contributed by atoms with E-state index in [0.717, 1.165) is 10.8 Å². The van der Waals surface area contributed by atoms with Crippen molar-refractivity contribution in [2.24, 2.45) is 0 Å². The summed E-state index contributed by atoms with van der Waals surface area (Å²) in [6, 6.07) is 0. The SMILES string of the molecule is CCCSc1nc[nH]c1C. The molecule has 1 aromatic heterocycles. The molecule has 1 N–H and O–H groups in total. The molecular formula is C7H12N2S. The van der Waals surface area contributed by atoms with E-state index >= 15 is 0 Å². The molecule has 1 heterocycles. The number of nitrogens with zero attached hydrogens (tertiary/aromatic N) is 1. The van der Waals surface area contributed by atoms with Crippen molar-refractivity contribution in [3.05, 3.63) is 12.0 Å². The maximum absolute atomic E-state index is 4.16. The van der Waals surface area contributed by atoms with Crippen LogP contribution in [0, 0.1) is 6.92 Å². The highest BCUT2D eigenvalue weighted by Crippen LogP contribution is 2.18. The van der Waals surface area contributed by atoms with Gasteiger partial charge in [-0.25, -0.2) is 4.98 Å². The topological polar surface area (TPSA) is 28.7 Å². The van der Waals surface area contributed by atoms with E-state index in [9.17, 15) is 0 Å². The number of nitrogens with one attached hydrogen (secondary N) is 1. The van der Waals surface area contributed by atoms with Gasteiger partial charge in [0.25, 0.3) is 0 Å². The van der Waals surface area contributed by atoms with Crippen molar-refractivity contribution in [2.75, 3.05) is 5.75 Å². The monoisotopic (exact) mass is 156 g/mol. The molecular weight excluding hydrogens is 144 g/mol. The molecule has 0 atom stereocenters. The van der Waals surface area contributed by atoms with Gasteiger partial charge in [0.1, 0.15) is 5.03 Å². The van der Waals surface area contributed by atoms with E-state index in [-0.39, 0.29) is 0 Å². The quantitative estimate of drug-likeness (QED) is 0.680. The summed E-state index contributed by atoms with van der Waals surface area (Å²) in [5.74, 6) is 1.16. The fourth-order valence-electron chi connectivity index (χ4n) is 0.691. The number of H-pyrrole nitrogens is 1. The zero-order chi connectivity index (χ0) is 7.40. The third-order valence-electron chi connectivity index (χ3n) is 1.23. The molecule has 1 rings (SSSR count). The highest BCUT2D eigenvalue weighted by atomic mass is 32.2. The number of thioether (sulfide) groups is 1. The van der Waals surface area contributed by atoms with Crippen LogP contribution in [-0.4, -0.2) is 15.7 Å². The number of imidazole rings is 1. The van der Waals surface area contributed by atoms with Crippen LogP contribution >= 0.6 is 11.8 Å². The Morgan fingerprint density at radius 1 is 1.70 bits per heavy atom. The van der Waals surface area contributed by atoms with Crippen molar-refractivity contribution in [1.29, 1.82) is 0 Å². The summed E-state index contributed by atoms with van der Waals surface area (Å²) >= 11 is 1.81. The zero-order valence-electron chi connectivity index (χ0n) is 6.35. The molecule has 2 nitrogen and oxygen atoms in total. The number of aromatic nitrogens is 2. The van der Waals surface area contributed by atoms with Crippen LogP contribution in [-0.2, 0) is 0 Å². The first-order valence-electron chi connectivity index (χ1n) is 3.47. The van der Waals surface area contributed by atoms with E-state index in [1.54, 1.807) is 6.33 Å². The molecule has 10 heavy (non-hydrogen) atoms. The largest absolute Gasteiger partial charge is 0.348 e. The van der Waals surface area contributed by atoms with Crippen LogP contribution in [0.4, 0.5) is 0 Å². The average Bonchev–Trinajstić information content (AvgIpc) is 2.31. The number of aromatic amines is 1. The van der Waals surface area contributed by atoms with Gasteiger partial charge in [-0.1, -0.05) is 6.92 Å². The van der Waals surface area contributed by atoms with Crippen LogP contribution in [0.1, 0.15) is 19.0 Å². The predicted molar refractivity (Wildman–Crippen MR) is 44.3 cm³/mol. The second kappa shape index (κ2) is 3.66. The lowest BCUT2D eigenvalue weighted by atomic mass is 10.6. The van der Waals surface area contributed by atoms with Crippen LogP contribution in [0.15, 0.2) is 11.4 Å². The molecule has 56 valence electrons. The Morgan fingerprint density at radius 2 is 2.50 bits per heavy atom. The molecule has 0 saturated carbocycles. The predicted octanol–water partition coefficient (Wildman–Crippen LogP) is 2.22. The van der Waals surface area contributed by atoms with Gasteiger partial charge in [-0.15, -0.1) is 11.8 Å². The second-order valence-corrected chi connectivity index (χ2v) is 3.26. The smallest absolute Gasteiger partial charge is 0.117 e. The van der Waals surface area contributed by atoms with E-state index in [1.165, 1.54) is 12.1 Å². The van der Waals surface area contributed by atoms with Gasteiger partial charge < -0.3 is 4.98 Å². The van der Waals surface area contributed by atoms with E-state index in [0.29, 0.717) is 0 Å². The summed E-state index contributed by atoms with van der Waals surface area (Å²) in [5, 5.41) is 1.14. The van der Waals surface area contributed by atoms with Gasteiger partial charge in [-0.05, 0) is 19.1 Å². The third kappa shape index (κ3) is 1.77. The van der Waals surface area contributed by atoms with Gasteiger partial charge in [0.2, 0.25) is 0 Å². The minimum atomic E-state index is 1.14. The van der Waals surface area contributed by atoms with Crippen molar-refractivity contribution in [2.45, 2.75) is 25.3 Å². The van der Waals surface area contributed by atoms with Crippen molar-refractivity contribution in [3.63, 3.8) is 0 Å². The van der Waals surface area contributed by atoms with E-state index in [2.05, 4.69) is 16.9 Å². The normalized spacial score (nSPS) is 10.2. The lowest BCUT2D eigenvalue weighted by Crippen LogP contribution is -1.78. The van der Waals surface area contributed by atoms with Gasteiger partial charge in [-0.2, -0.15) is 0 Å². The average molecular weight is 156 g/mol. The maximum Gasteiger partial charge on any atom is 0.117 e. The number of hydrogen-bond donors (Lipinski definition) is 1. The van der Waals surface area contributed by atoms with Crippen LogP contribution in [0.25, 0.3) is 0 Å². The first-order valence-corrected chi connectivity index (χ1v) is 4.46. The molecule has 0 amide bonds. The third-order valence-corrected chi connectivity index (χ3v) is 2.52. The molecule has 0 aromatic carbocycles. The van der Waals surface area contributed by atoms with Crippen molar-refractivity contribution in [1.82, 2.24) is 9.97 Å². The molecule has 0 bridgehead atoms. The minimum Gasteiger partial charge on any atom is -0.348 e. The van der Waals surface area contributed by atoms with Crippen LogP contribution in [0.5, 0.6) is 0 Å². The first-order chi connectivity index (χ1) is 4.84. The first kappa shape index (κ1) is 7.66. The van der Waals surface area contributed by atoms with Gasteiger partial charge in [0, 0.05) is 5.69 Å². The molecule has 0 spiro atoms. The minimum absolute atomic E-state index is 1.14. The summed E-state index contributed by atoms with van der Waals surface area (Å²) in [4.78, 5) is 7.21. The van der Waals surface area contributed by atoms with E-state index in [1.807, 2.05) is 18.7 Å². The fraction of sp³-hybridized carbons (Fsp3) is 0.571. The standard InChI is InChI=1S/C7H12N2S/c1-3-4-10-7-6(2)8-5-9-7/h5H,3-4H2,1-2H3,(H,8,9). The molecule has 0 aliphatic rings. The Labute approximate surface area is 65.4 Å². The molecule has 0 aliphatic heterocycles. The molecule has 0 radical (unpaired) electrons. The Kier molecular flexibility index (Phi) is 2.81. The fourth-order valence-corrected chi connectivity index (χ4v) is 1.49. The lowest BCUT2D eigenvalue weighted by Gasteiger charge is -1.93. The summed E-state index contributed by atoms with van der Waals surface area (Å²) in [5.41, 5.74) is 1.18. The molecule has 0 fully saturated rings. The molecule has 3 heteroatoms. The van der Waals surface area contributed by atoms with Crippen molar-refractivity contribution < 1.29 is 0 Å². The molecule has 0 aliphatic carbocycles. The number of rotatable bonds is 3. The highest BCUT2D eigenvalue weighted by Gasteiger charge is 1.98. The van der Waals surface area contributed by atoms with E-state index < -0.39 is 0 Å². The van der Waals surface area contributed by atoms with E-state index in [4.69, 9.17) is 0 Å². The summed E-state index contributed by atoms with van der Waals surface area (Å²) in [7, 11) is 0. The van der Waals surface area contributed by atoms with Crippen molar-refractivity contribution >= 4 is 11.8 Å². The van der Waals surface area contributed by atoms with Crippen LogP contribution in [0.3, 0.4) is 0 Å². The number of hydrogen-bond acceptors (Lipinski definition) is 2. The Hall–Kier alpha value is -0.440. The zero-order valence-corrected chi connectivity index (χ0v) is 7.16. The van der Waals surface area contributed by atoms with Gasteiger partial charge in [0.05, 0.1) is 6.33 Å². The second-order valence-electron chi connectivity index (χ2n) is 2.18. The Morgan fingerprint density at radius 3 is 3.00 bits per heavy atom. The van der Waals surface area contributed by atoms with Gasteiger partial charge in [0.15, 0.2) is 0 Å². The molecule has 0 unspecified atom stereocenters. The summed E-state index contributed by atoms with van der Waals surface area (Å²) in [6.07, 6.45) is 2.95. The Balaban J connectivity index is 2.49. The molecule has 1 aromatic rings. The van der Waals surface area contributed by atoms with Gasteiger partial charge >= 0.3 is 0 Å². The summed E-state index contributed by atoms with van der Waals surface area (Å²) in [6.45, 7) is 4.22.